The number of para-hydroxylation sites is 2. The highest BCUT2D eigenvalue weighted by Crippen LogP contribution is 2.31. The van der Waals surface area contributed by atoms with Gasteiger partial charge >= 0.3 is 5.76 Å². The Morgan fingerprint density at radius 2 is 1.94 bits per heavy atom. The summed E-state index contributed by atoms with van der Waals surface area (Å²) >= 11 is 4.96. The Balaban J connectivity index is 1.67. The number of nitrogens with zero attached hydrogens (tertiary/aromatic N) is 4. The number of halogens is 1. The molecule has 0 aliphatic carbocycles. The number of hydrogen-bond donors (Lipinski definition) is 0. The Bertz CT molecular complexity index is 1270. The molecule has 0 bridgehead atoms. The number of benzene rings is 2. The molecule has 2 heterocycles. The zero-order valence-corrected chi connectivity index (χ0v) is 19.8. The van der Waals surface area contributed by atoms with Gasteiger partial charge in [0.05, 0.1) is 15.7 Å². The summed E-state index contributed by atoms with van der Waals surface area (Å²) in [6.45, 7) is 7.11. The van der Waals surface area contributed by atoms with E-state index in [1.165, 1.54) is 15.9 Å². The summed E-state index contributed by atoms with van der Waals surface area (Å²) in [6, 6.07) is 13.0. The summed E-state index contributed by atoms with van der Waals surface area (Å²) in [7, 11) is 0. The number of fused-ring (bicyclic) bond motifs is 2. The number of carbonyl (C=O) groups excluding carboxylic acids is 1. The van der Waals surface area contributed by atoms with Crippen LogP contribution in [0.1, 0.15) is 13.8 Å². The molecule has 0 radical (unpaired) electrons. The van der Waals surface area contributed by atoms with Gasteiger partial charge in [0.15, 0.2) is 10.7 Å². The van der Waals surface area contributed by atoms with Crippen molar-refractivity contribution in [2.45, 2.75) is 20.4 Å². The summed E-state index contributed by atoms with van der Waals surface area (Å²) in [4.78, 5) is 34.4. The molecule has 162 valence electrons. The smallest absolute Gasteiger partial charge is 0.408 e. The predicted octanol–water partition coefficient (Wildman–Crippen LogP) is 4.34. The van der Waals surface area contributed by atoms with Crippen molar-refractivity contribution in [3.05, 3.63) is 57.5 Å². The largest absolute Gasteiger partial charge is 0.420 e. The average molecular weight is 503 g/mol. The molecule has 0 unspecified atom stereocenters. The van der Waals surface area contributed by atoms with Gasteiger partial charge in [0.25, 0.3) is 0 Å². The van der Waals surface area contributed by atoms with Crippen molar-refractivity contribution in [1.82, 2.24) is 14.5 Å². The molecule has 0 aliphatic rings. The Morgan fingerprint density at radius 3 is 2.71 bits per heavy atom. The molecule has 0 fully saturated rings. The maximum absolute atomic E-state index is 13.4. The van der Waals surface area contributed by atoms with E-state index in [0.29, 0.717) is 22.8 Å². The molecule has 0 atom stereocenters. The average Bonchev–Trinajstić information content (AvgIpc) is 3.31. The molecule has 0 aliphatic heterocycles. The molecule has 0 spiro atoms. The topological polar surface area (TPSA) is 71.6 Å². The molecular formula is C22H23BrN4O3S. The van der Waals surface area contributed by atoms with Crippen LogP contribution in [0.25, 0.3) is 21.3 Å². The summed E-state index contributed by atoms with van der Waals surface area (Å²) < 4.78 is 8.63. The molecule has 2 aromatic heterocycles. The maximum atomic E-state index is 13.4. The van der Waals surface area contributed by atoms with E-state index in [9.17, 15) is 9.59 Å². The second-order valence-electron chi connectivity index (χ2n) is 7.10. The lowest BCUT2D eigenvalue weighted by molar-refractivity contribution is -0.119. The maximum Gasteiger partial charge on any atom is 0.420 e. The van der Waals surface area contributed by atoms with Gasteiger partial charge in [-0.2, -0.15) is 0 Å². The molecule has 4 aromatic rings. The molecule has 0 N–H and O–H groups in total. The van der Waals surface area contributed by atoms with Crippen LogP contribution in [0.3, 0.4) is 0 Å². The van der Waals surface area contributed by atoms with Crippen LogP contribution in [-0.4, -0.2) is 46.5 Å². The van der Waals surface area contributed by atoms with Crippen molar-refractivity contribution in [3.63, 3.8) is 0 Å². The fourth-order valence-electron chi connectivity index (χ4n) is 3.49. The van der Waals surface area contributed by atoms with Gasteiger partial charge in [-0.05, 0) is 43.4 Å². The van der Waals surface area contributed by atoms with Crippen molar-refractivity contribution < 1.29 is 9.21 Å². The zero-order chi connectivity index (χ0) is 22.0. The third-order valence-electron chi connectivity index (χ3n) is 5.27. The number of thiazole rings is 1. The molecule has 1 amide bonds. The van der Waals surface area contributed by atoms with E-state index < -0.39 is 5.76 Å². The van der Waals surface area contributed by atoms with Crippen LogP contribution in [0.5, 0.6) is 0 Å². The fourth-order valence-corrected chi connectivity index (χ4v) is 5.06. The Labute approximate surface area is 192 Å². The Hall–Kier alpha value is -2.49. The number of likely N-dealkylation sites (N-methyl/N-ethyl adjacent to an activating group) is 1. The van der Waals surface area contributed by atoms with E-state index in [0.717, 1.165) is 34.3 Å². The summed E-state index contributed by atoms with van der Waals surface area (Å²) in [5.74, 6) is -0.731. The van der Waals surface area contributed by atoms with Crippen molar-refractivity contribution in [3.8, 4) is 0 Å². The number of aromatic nitrogens is 2. The van der Waals surface area contributed by atoms with Gasteiger partial charge in [-0.25, -0.2) is 9.78 Å². The van der Waals surface area contributed by atoms with Crippen LogP contribution >= 0.6 is 27.3 Å². The van der Waals surface area contributed by atoms with Crippen molar-refractivity contribution in [1.29, 1.82) is 0 Å². The number of rotatable bonds is 8. The summed E-state index contributed by atoms with van der Waals surface area (Å²) in [6.07, 6.45) is 0. The monoisotopic (exact) mass is 502 g/mol. The van der Waals surface area contributed by atoms with Crippen molar-refractivity contribution >= 4 is 59.6 Å². The van der Waals surface area contributed by atoms with Gasteiger partial charge in [-0.1, -0.05) is 53.2 Å². The standard InChI is InChI=1S/C22H23BrN4O3S/c1-3-25(4-2)11-12-26(21-24-16-10-9-15(23)13-19(16)31-21)20(28)14-27-17-7-5-6-8-18(17)30-22(27)29/h5-10,13H,3-4,11-12,14H2,1-2H3. The minimum atomic E-state index is -0.536. The highest BCUT2D eigenvalue weighted by Gasteiger charge is 2.23. The molecule has 0 saturated heterocycles. The normalized spacial score (nSPS) is 11.6. The number of amides is 1. The SMILES string of the molecule is CCN(CC)CCN(C(=O)Cn1c(=O)oc2ccccc21)c1nc2ccc(Br)cc2s1. The Kier molecular flexibility index (Phi) is 6.54. The van der Waals surface area contributed by atoms with Crippen LogP contribution in [0.4, 0.5) is 5.13 Å². The first kappa shape index (κ1) is 21.7. The second-order valence-corrected chi connectivity index (χ2v) is 9.03. The molecule has 9 heteroatoms. The van der Waals surface area contributed by atoms with Crippen molar-refractivity contribution in [2.75, 3.05) is 31.1 Å². The van der Waals surface area contributed by atoms with Crippen LogP contribution in [0.2, 0.25) is 0 Å². The highest BCUT2D eigenvalue weighted by atomic mass is 79.9. The zero-order valence-electron chi connectivity index (χ0n) is 17.4. The van der Waals surface area contributed by atoms with Gasteiger partial charge in [0.1, 0.15) is 6.54 Å². The van der Waals surface area contributed by atoms with Crippen LogP contribution in [0, 0.1) is 0 Å². The second kappa shape index (κ2) is 9.33. The first-order valence-electron chi connectivity index (χ1n) is 10.2. The third-order valence-corrected chi connectivity index (χ3v) is 6.81. The first-order chi connectivity index (χ1) is 15.0. The predicted molar refractivity (Wildman–Crippen MR) is 128 cm³/mol. The molecule has 4 rings (SSSR count). The lowest BCUT2D eigenvalue weighted by Gasteiger charge is -2.24. The van der Waals surface area contributed by atoms with E-state index in [4.69, 9.17) is 9.40 Å². The lowest BCUT2D eigenvalue weighted by Crippen LogP contribution is -2.41. The minimum absolute atomic E-state index is 0.103. The number of carbonyl (C=O) groups is 1. The van der Waals surface area contributed by atoms with Gasteiger partial charge in [-0.3, -0.25) is 14.3 Å². The van der Waals surface area contributed by atoms with Gasteiger partial charge in [0.2, 0.25) is 5.91 Å². The fraction of sp³-hybridized carbons (Fsp3) is 0.318. The molecule has 31 heavy (non-hydrogen) atoms. The number of oxazole rings is 1. The van der Waals surface area contributed by atoms with E-state index in [2.05, 4.69) is 34.7 Å². The van der Waals surface area contributed by atoms with Gasteiger partial charge < -0.3 is 9.32 Å². The molecule has 7 nitrogen and oxygen atoms in total. The lowest BCUT2D eigenvalue weighted by atomic mass is 10.3. The van der Waals surface area contributed by atoms with E-state index >= 15 is 0 Å². The minimum Gasteiger partial charge on any atom is -0.408 e. The molecule has 0 saturated carbocycles. The van der Waals surface area contributed by atoms with E-state index in [-0.39, 0.29) is 12.5 Å². The van der Waals surface area contributed by atoms with E-state index in [1.807, 2.05) is 24.3 Å². The van der Waals surface area contributed by atoms with E-state index in [1.54, 1.807) is 23.1 Å². The van der Waals surface area contributed by atoms with Gasteiger partial charge in [0, 0.05) is 17.6 Å². The molecular weight excluding hydrogens is 480 g/mol. The van der Waals surface area contributed by atoms with Crippen molar-refractivity contribution in [2.24, 2.45) is 0 Å². The van der Waals surface area contributed by atoms with Crippen LogP contribution in [-0.2, 0) is 11.3 Å². The number of hydrogen-bond acceptors (Lipinski definition) is 6. The third kappa shape index (κ3) is 4.58. The first-order valence-corrected chi connectivity index (χ1v) is 11.8. The molecule has 2 aromatic carbocycles. The summed E-state index contributed by atoms with van der Waals surface area (Å²) in [5.41, 5.74) is 1.92. The highest BCUT2D eigenvalue weighted by molar-refractivity contribution is 9.10. The quantitative estimate of drug-likeness (QED) is 0.358. The number of anilines is 1. The van der Waals surface area contributed by atoms with Crippen LogP contribution in [0.15, 0.2) is 56.1 Å². The summed E-state index contributed by atoms with van der Waals surface area (Å²) in [5, 5.41) is 0.631. The van der Waals surface area contributed by atoms with Gasteiger partial charge in [-0.15, -0.1) is 0 Å². The Morgan fingerprint density at radius 1 is 1.16 bits per heavy atom. The van der Waals surface area contributed by atoms with Crippen LogP contribution < -0.4 is 10.7 Å².